The average Bonchev–Trinajstić information content (AvgIpc) is 3.25. The fourth-order valence-electron chi connectivity index (χ4n) is 3.92. The quantitative estimate of drug-likeness (QED) is 0.495. The summed E-state index contributed by atoms with van der Waals surface area (Å²) in [5.41, 5.74) is 4.41. The molecule has 1 fully saturated rings. The maximum absolute atomic E-state index is 14.5. The van der Waals surface area contributed by atoms with Crippen molar-refractivity contribution in [3.63, 3.8) is 0 Å². The van der Waals surface area contributed by atoms with Crippen molar-refractivity contribution in [1.82, 2.24) is 29.5 Å². The van der Waals surface area contributed by atoms with Crippen LogP contribution in [-0.2, 0) is 13.0 Å². The molecule has 3 aromatic heterocycles. The van der Waals surface area contributed by atoms with E-state index in [-0.39, 0.29) is 18.5 Å². The van der Waals surface area contributed by atoms with Crippen molar-refractivity contribution in [2.45, 2.75) is 38.8 Å². The lowest BCUT2D eigenvalue weighted by molar-refractivity contribution is 0.277. The highest BCUT2D eigenvalue weighted by atomic mass is 19.1. The summed E-state index contributed by atoms with van der Waals surface area (Å²) in [5.74, 6) is 0.988. The number of anilines is 1. The number of benzene rings is 1. The second-order valence-corrected chi connectivity index (χ2v) is 7.94. The molecule has 2 aliphatic rings. The van der Waals surface area contributed by atoms with Crippen molar-refractivity contribution in [1.29, 1.82) is 0 Å². The minimum absolute atomic E-state index is 0.234. The molecule has 1 aliphatic carbocycles. The van der Waals surface area contributed by atoms with Gasteiger partial charge in [0.1, 0.15) is 24.0 Å². The van der Waals surface area contributed by atoms with Crippen LogP contribution in [0.2, 0.25) is 0 Å². The summed E-state index contributed by atoms with van der Waals surface area (Å²) < 4.78 is 27.5. The molecule has 0 saturated heterocycles. The van der Waals surface area contributed by atoms with Gasteiger partial charge in [0.05, 0.1) is 12.3 Å². The van der Waals surface area contributed by atoms with Crippen LogP contribution in [0.25, 0.3) is 16.8 Å². The zero-order valence-electron chi connectivity index (χ0n) is 17.4. The molecule has 1 aromatic carbocycles. The number of rotatable bonds is 6. The van der Waals surface area contributed by atoms with Gasteiger partial charge in [0, 0.05) is 47.6 Å². The van der Waals surface area contributed by atoms with Crippen LogP contribution in [0.15, 0.2) is 30.9 Å². The van der Waals surface area contributed by atoms with Gasteiger partial charge in [-0.25, -0.2) is 14.4 Å². The number of aromatic nitrogens is 6. The number of ether oxygens (including phenoxy) is 2. The molecule has 9 nitrogen and oxygen atoms in total. The van der Waals surface area contributed by atoms with Gasteiger partial charge in [0.2, 0.25) is 5.95 Å². The highest BCUT2D eigenvalue weighted by Gasteiger charge is 2.25. The first-order valence-corrected chi connectivity index (χ1v) is 10.5. The summed E-state index contributed by atoms with van der Waals surface area (Å²) in [6, 6.07) is 3.50. The Morgan fingerprint density at radius 3 is 2.94 bits per heavy atom. The summed E-state index contributed by atoms with van der Waals surface area (Å²) in [4.78, 5) is 13.4. The van der Waals surface area contributed by atoms with E-state index in [1.807, 2.05) is 6.92 Å². The molecule has 32 heavy (non-hydrogen) atoms. The lowest BCUT2D eigenvalue weighted by Crippen LogP contribution is -2.10. The fourth-order valence-corrected chi connectivity index (χ4v) is 3.92. The Kier molecular flexibility index (Phi) is 4.37. The molecule has 0 bridgehead atoms. The third-order valence-electron chi connectivity index (χ3n) is 5.74. The lowest BCUT2D eigenvalue weighted by atomic mass is 10.0. The van der Waals surface area contributed by atoms with E-state index in [1.54, 1.807) is 29.2 Å². The average molecular weight is 433 g/mol. The zero-order chi connectivity index (χ0) is 21.7. The minimum atomic E-state index is -0.264. The number of halogens is 1. The maximum atomic E-state index is 14.5. The van der Waals surface area contributed by atoms with Crippen molar-refractivity contribution in [2.75, 3.05) is 11.9 Å². The van der Waals surface area contributed by atoms with E-state index in [9.17, 15) is 4.39 Å². The highest BCUT2D eigenvalue weighted by molar-refractivity contribution is 5.78. The van der Waals surface area contributed by atoms with Crippen LogP contribution in [-0.4, -0.2) is 42.3 Å². The molecular formula is C22H20FN7O2. The molecule has 10 heteroatoms. The van der Waals surface area contributed by atoms with Crippen molar-refractivity contribution < 1.29 is 13.9 Å². The summed E-state index contributed by atoms with van der Waals surface area (Å²) in [6.45, 7) is 2.74. The number of hydrogen-bond acceptors (Lipinski definition) is 8. The molecule has 0 amide bonds. The number of nitrogens with one attached hydrogen (secondary N) is 1. The van der Waals surface area contributed by atoms with Crippen LogP contribution in [0.3, 0.4) is 0 Å². The van der Waals surface area contributed by atoms with E-state index in [0.29, 0.717) is 36.2 Å². The van der Waals surface area contributed by atoms with E-state index in [0.717, 1.165) is 41.0 Å². The maximum Gasteiger partial charge on any atom is 0.316 e. The Labute approximate surface area is 182 Å². The van der Waals surface area contributed by atoms with Gasteiger partial charge in [-0.1, -0.05) is 0 Å². The van der Waals surface area contributed by atoms with Crippen LogP contribution in [0.1, 0.15) is 29.7 Å². The monoisotopic (exact) mass is 433 g/mol. The van der Waals surface area contributed by atoms with Gasteiger partial charge in [-0.2, -0.15) is 4.98 Å². The molecule has 0 unspecified atom stereocenters. The summed E-state index contributed by atoms with van der Waals surface area (Å²) in [6.07, 6.45) is 8.02. The minimum Gasteiger partial charge on any atom is -0.493 e. The van der Waals surface area contributed by atoms with E-state index in [1.165, 1.54) is 6.07 Å². The Morgan fingerprint density at radius 2 is 2.09 bits per heavy atom. The Bertz CT molecular complexity index is 1340. The van der Waals surface area contributed by atoms with E-state index < -0.39 is 0 Å². The zero-order valence-corrected chi connectivity index (χ0v) is 17.4. The predicted molar refractivity (Wildman–Crippen MR) is 113 cm³/mol. The molecule has 1 saturated carbocycles. The largest absolute Gasteiger partial charge is 0.493 e. The van der Waals surface area contributed by atoms with Crippen LogP contribution < -0.4 is 14.8 Å². The Balaban J connectivity index is 1.31. The number of hydrogen-bond donors (Lipinski definition) is 1. The third kappa shape index (κ3) is 3.28. The van der Waals surface area contributed by atoms with Crippen molar-refractivity contribution in [3.8, 4) is 22.9 Å². The SMILES string of the molecule is Cc1nc(OC2CC2)ncc1-c1cnc(NCc2c(F)ccc3c2CCO3)n2cnnc12. The van der Waals surface area contributed by atoms with Gasteiger partial charge in [-0.3, -0.25) is 4.40 Å². The van der Waals surface area contributed by atoms with Crippen LogP contribution in [0.5, 0.6) is 11.8 Å². The Hall–Kier alpha value is -3.82. The summed E-state index contributed by atoms with van der Waals surface area (Å²) in [5, 5.41) is 11.5. The molecule has 1 aliphatic heterocycles. The first-order valence-electron chi connectivity index (χ1n) is 10.5. The van der Waals surface area contributed by atoms with E-state index in [2.05, 4.69) is 30.5 Å². The predicted octanol–water partition coefficient (Wildman–Crippen LogP) is 3.12. The van der Waals surface area contributed by atoms with Crippen LogP contribution >= 0.6 is 0 Å². The van der Waals surface area contributed by atoms with E-state index in [4.69, 9.17) is 9.47 Å². The topological polar surface area (TPSA) is 99.4 Å². The Morgan fingerprint density at radius 1 is 1.22 bits per heavy atom. The molecular weight excluding hydrogens is 413 g/mol. The van der Waals surface area contributed by atoms with Gasteiger partial charge in [0.15, 0.2) is 5.65 Å². The van der Waals surface area contributed by atoms with Gasteiger partial charge in [-0.05, 0) is 31.9 Å². The molecule has 0 atom stereocenters. The standard InChI is InChI=1S/C22H20FN7O2/c1-12-15(8-26-22(28-12)32-13-2-3-13)17-10-25-21(30-11-27-29-20(17)30)24-9-16-14-6-7-31-19(14)5-4-18(16)23/h4-5,8,10-11,13H,2-3,6-7,9H2,1H3,(H,24,25). The van der Waals surface area contributed by atoms with Gasteiger partial charge in [-0.15, -0.1) is 10.2 Å². The molecule has 4 heterocycles. The molecule has 1 N–H and O–H groups in total. The van der Waals surface area contributed by atoms with Crippen molar-refractivity contribution in [2.24, 2.45) is 0 Å². The molecule has 0 spiro atoms. The normalized spacial score (nSPS) is 14.9. The number of fused-ring (bicyclic) bond motifs is 2. The van der Waals surface area contributed by atoms with Crippen molar-refractivity contribution in [3.05, 3.63) is 53.5 Å². The fraction of sp³-hybridized carbons (Fsp3) is 0.318. The van der Waals surface area contributed by atoms with E-state index >= 15 is 0 Å². The van der Waals surface area contributed by atoms with Crippen molar-refractivity contribution >= 4 is 11.6 Å². The first kappa shape index (κ1) is 18.9. The third-order valence-corrected chi connectivity index (χ3v) is 5.74. The molecule has 162 valence electrons. The first-order chi connectivity index (χ1) is 15.7. The van der Waals surface area contributed by atoms with Gasteiger partial charge < -0.3 is 14.8 Å². The summed E-state index contributed by atoms with van der Waals surface area (Å²) >= 11 is 0. The smallest absolute Gasteiger partial charge is 0.316 e. The summed E-state index contributed by atoms with van der Waals surface area (Å²) in [7, 11) is 0. The molecule has 0 radical (unpaired) electrons. The molecule has 4 aromatic rings. The number of nitrogens with zero attached hydrogens (tertiary/aromatic N) is 6. The van der Waals surface area contributed by atoms with Gasteiger partial charge in [0.25, 0.3) is 0 Å². The highest BCUT2D eigenvalue weighted by Crippen LogP contribution is 2.32. The lowest BCUT2D eigenvalue weighted by Gasteiger charge is -2.13. The second kappa shape index (κ2) is 7.40. The van der Waals surface area contributed by atoms with Crippen LogP contribution in [0.4, 0.5) is 10.3 Å². The molecule has 6 rings (SSSR count). The number of aryl methyl sites for hydroxylation is 1. The van der Waals surface area contributed by atoms with Crippen LogP contribution in [0, 0.1) is 12.7 Å². The second-order valence-electron chi connectivity index (χ2n) is 7.94. The van der Waals surface area contributed by atoms with Gasteiger partial charge >= 0.3 is 6.01 Å².